The van der Waals surface area contributed by atoms with Gasteiger partial charge in [-0.05, 0) is 80.8 Å². The van der Waals surface area contributed by atoms with E-state index in [4.69, 9.17) is 4.74 Å². The zero-order valence-corrected chi connectivity index (χ0v) is 19.5. The first-order valence-electron chi connectivity index (χ1n) is 12.6. The highest BCUT2D eigenvalue weighted by molar-refractivity contribution is 5.31. The van der Waals surface area contributed by atoms with Crippen LogP contribution in [0.4, 0.5) is 8.78 Å². The van der Waals surface area contributed by atoms with E-state index in [1.54, 1.807) is 12.1 Å². The average molecular weight is 431 g/mol. The van der Waals surface area contributed by atoms with Gasteiger partial charge in [0.25, 0.3) is 0 Å². The summed E-state index contributed by atoms with van der Waals surface area (Å²) < 4.78 is 33.6. The molecule has 1 atom stereocenters. The molecule has 0 spiro atoms. The van der Waals surface area contributed by atoms with E-state index >= 15 is 0 Å². The predicted molar refractivity (Wildman–Crippen MR) is 125 cm³/mol. The van der Waals surface area contributed by atoms with Crippen molar-refractivity contribution in [3.8, 4) is 5.75 Å². The molecule has 0 aliphatic heterocycles. The number of benzene rings is 1. The molecular formula is C28H40F2O. The van der Waals surface area contributed by atoms with Gasteiger partial charge in [-0.15, -0.1) is 0 Å². The van der Waals surface area contributed by atoms with Crippen LogP contribution in [0.2, 0.25) is 0 Å². The molecule has 1 aromatic carbocycles. The van der Waals surface area contributed by atoms with E-state index in [1.807, 2.05) is 6.92 Å². The van der Waals surface area contributed by atoms with Crippen LogP contribution >= 0.6 is 0 Å². The van der Waals surface area contributed by atoms with Crippen LogP contribution in [0.5, 0.6) is 5.75 Å². The maximum absolute atomic E-state index is 14.3. The Kier molecular flexibility index (Phi) is 9.61. The largest absolute Gasteiger partial charge is 0.490 e. The van der Waals surface area contributed by atoms with Crippen molar-refractivity contribution in [3.63, 3.8) is 0 Å². The van der Waals surface area contributed by atoms with Crippen molar-refractivity contribution in [2.24, 2.45) is 17.8 Å². The van der Waals surface area contributed by atoms with Gasteiger partial charge in [-0.25, -0.2) is 4.39 Å². The Balaban J connectivity index is 1.42. The number of rotatable bonds is 10. The summed E-state index contributed by atoms with van der Waals surface area (Å²) >= 11 is 0. The Bertz CT molecular complexity index is 744. The first-order valence-corrected chi connectivity index (χ1v) is 12.6. The Morgan fingerprint density at radius 3 is 2.45 bits per heavy atom. The summed E-state index contributed by atoms with van der Waals surface area (Å²) in [6.07, 6.45) is 20.9. The fraction of sp³-hybridized carbons (Fsp3) is 0.643. The molecule has 0 amide bonds. The van der Waals surface area contributed by atoms with Crippen LogP contribution < -0.4 is 4.74 Å². The van der Waals surface area contributed by atoms with Gasteiger partial charge in [0.2, 0.25) is 5.82 Å². The molecule has 2 aliphatic carbocycles. The van der Waals surface area contributed by atoms with E-state index in [0.717, 1.165) is 30.6 Å². The van der Waals surface area contributed by atoms with Gasteiger partial charge in [-0.2, -0.15) is 4.39 Å². The lowest BCUT2D eigenvalue weighted by atomic mass is 9.71. The maximum Gasteiger partial charge on any atom is 0.200 e. The summed E-state index contributed by atoms with van der Waals surface area (Å²) in [7, 11) is 0. The Morgan fingerprint density at radius 1 is 0.968 bits per heavy atom. The van der Waals surface area contributed by atoms with Crippen LogP contribution in [0.1, 0.15) is 90.0 Å². The number of allylic oxidation sites excluding steroid dienone is 4. The lowest BCUT2D eigenvalue weighted by molar-refractivity contribution is 0.187. The Morgan fingerprint density at radius 2 is 1.77 bits per heavy atom. The predicted octanol–water partition coefficient (Wildman–Crippen LogP) is 8.58. The number of ether oxygens (including phenoxy) is 1. The fourth-order valence-electron chi connectivity index (χ4n) is 5.37. The van der Waals surface area contributed by atoms with Crippen molar-refractivity contribution in [2.75, 3.05) is 6.61 Å². The third kappa shape index (κ3) is 6.92. The lowest BCUT2D eigenvalue weighted by Crippen LogP contribution is -2.23. The first-order chi connectivity index (χ1) is 15.1. The molecule has 0 bridgehead atoms. The zero-order chi connectivity index (χ0) is 22.1. The zero-order valence-electron chi connectivity index (χ0n) is 19.5. The van der Waals surface area contributed by atoms with Gasteiger partial charge in [0.1, 0.15) is 0 Å². The van der Waals surface area contributed by atoms with Gasteiger partial charge in [0.15, 0.2) is 11.6 Å². The SMILES string of the molecule is CCCOc1ccc(CC/C=C/C2=CCC(C3CCC(CCC)CC3)CC2)c(F)c1F. The van der Waals surface area contributed by atoms with E-state index in [2.05, 4.69) is 25.2 Å². The van der Waals surface area contributed by atoms with Gasteiger partial charge in [-0.1, -0.05) is 69.4 Å². The van der Waals surface area contributed by atoms with Crippen LogP contribution in [0.25, 0.3) is 0 Å². The van der Waals surface area contributed by atoms with Gasteiger partial charge in [0.05, 0.1) is 6.61 Å². The molecule has 1 aromatic rings. The van der Waals surface area contributed by atoms with Gasteiger partial charge in [0, 0.05) is 0 Å². The third-order valence-electron chi connectivity index (χ3n) is 7.24. The van der Waals surface area contributed by atoms with Gasteiger partial charge >= 0.3 is 0 Å². The van der Waals surface area contributed by atoms with Crippen LogP contribution in [0.3, 0.4) is 0 Å². The quantitative estimate of drug-likeness (QED) is 0.361. The minimum Gasteiger partial charge on any atom is -0.490 e. The minimum absolute atomic E-state index is 0.0133. The third-order valence-corrected chi connectivity index (χ3v) is 7.24. The Labute approximate surface area is 188 Å². The first kappa shape index (κ1) is 24.0. The van der Waals surface area contributed by atoms with Crippen LogP contribution in [0, 0.1) is 29.4 Å². The monoisotopic (exact) mass is 430 g/mol. The van der Waals surface area contributed by atoms with E-state index < -0.39 is 11.6 Å². The van der Waals surface area contributed by atoms with E-state index in [1.165, 1.54) is 56.9 Å². The summed E-state index contributed by atoms with van der Waals surface area (Å²) in [6.45, 7) is 4.64. The highest BCUT2D eigenvalue weighted by Gasteiger charge is 2.28. The lowest BCUT2D eigenvalue weighted by Gasteiger charge is -2.35. The van der Waals surface area contributed by atoms with Crippen molar-refractivity contribution in [2.45, 2.75) is 90.9 Å². The molecule has 0 saturated heterocycles. The molecule has 1 saturated carbocycles. The number of aryl methyl sites for hydroxylation is 1. The standard InChI is InChI=1S/C28H40F2O/c1-3-7-21-10-14-23(15-11-21)24-16-12-22(13-17-24)8-5-6-9-25-18-19-26(31-20-4-2)28(30)27(25)29/h5,8,12,18-19,21,23-24H,3-4,6-7,9-11,13-17,20H2,1-2H3/b8-5+. The molecule has 3 heteroatoms. The van der Waals surface area contributed by atoms with Crippen molar-refractivity contribution in [1.29, 1.82) is 0 Å². The molecule has 1 fully saturated rings. The second kappa shape index (κ2) is 12.4. The molecule has 31 heavy (non-hydrogen) atoms. The number of hydrogen-bond acceptors (Lipinski definition) is 1. The molecule has 2 aliphatic rings. The summed E-state index contributed by atoms with van der Waals surface area (Å²) in [5.74, 6) is 1.16. The van der Waals surface area contributed by atoms with Crippen LogP contribution in [-0.4, -0.2) is 6.61 Å². The molecule has 0 N–H and O–H groups in total. The van der Waals surface area contributed by atoms with Crippen LogP contribution in [0.15, 0.2) is 35.9 Å². The van der Waals surface area contributed by atoms with E-state index in [0.29, 0.717) is 25.0 Å². The summed E-state index contributed by atoms with van der Waals surface area (Å²) in [5.41, 5.74) is 1.83. The highest BCUT2D eigenvalue weighted by Crippen LogP contribution is 2.40. The van der Waals surface area contributed by atoms with Crippen molar-refractivity contribution < 1.29 is 13.5 Å². The van der Waals surface area contributed by atoms with Gasteiger partial charge in [-0.3, -0.25) is 0 Å². The Hall–Kier alpha value is -1.64. The molecular weight excluding hydrogens is 390 g/mol. The molecule has 1 nitrogen and oxygen atoms in total. The smallest absolute Gasteiger partial charge is 0.200 e. The second-order valence-electron chi connectivity index (χ2n) is 9.52. The van der Waals surface area contributed by atoms with Crippen molar-refractivity contribution >= 4 is 0 Å². The summed E-state index contributed by atoms with van der Waals surface area (Å²) in [6, 6.07) is 3.20. The van der Waals surface area contributed by atoms with E-state index in [9.17, 15) is 8.78 Å². The summed E-state index contributed by atoms with van der Waals surface area (Å²) in [5, 5.41) is 0. The van der Waals surface area contributed by atoms with E-state index in [-0.39, 0.29) is 5.75 Å². The summed E-state index contributed by atoms with van der Waals surface area (Å²) in [4.78, 5) is 0. The molecule has 172 valence electrons. The average Bonchev–Trinajstić information content (AvgIpc) is 2.80. The number of halogens is 2. The van der Waals surface area contributed by atoms with Crippen molar-refractivity contribution in [1.82, 2.24) is 0 Å². The molecule has 0 heterocycles. The fourth-order valence-corrected chi connectivity index (χ4v) is 5.37. The molecule has 1 unspecified atom stereocenters. The molecule has 0 aromatic heterocycles. The topological polar surface area (TPSA) is 9.23 Å². The van der Waals surface area contributed by atoms with Gasteiger partial charge < -0.3 is 4.74 Å². The maximum atomic E-state index is 14.3. The normalized spacial score (nSPS) is 24.4. The minimum atomic E-state index is -0.861. The number of hydrogen-bond donors (Lipinski definition) is 0. The van der Waals surface area contributed by atoms with Crippen molar-refractivity contribution in [3.05, 3.63) is 53.1 Å². The second-order valence-corrected chi connectivity index (χ2v) is 9.52. The van der Waals surface area contributed by atoms with Crippen LogP contribution in [-0.2, 0) is 6.42 Å². The molecule has 3 rings (SSSR count). The molecule has 0 radical (unpaired) electrons. The highest BCUT2D eigenvalue weighted by atomic mass is 19.2.